The van der Waals surface area contributed by atoms with E-state index in [-0.39, 0.29) is 5.91 Å². The number of rotatable bonds is 7. The molecule has 0 spiro atoms. The van der Waals surface area contributed by atoms with Gasteiger partial charge in [0.15, 0.2) is 0 Å². The largest absolute Gasteiger partial charge is 0.380 e. The molecule has 0 unspecified atom stereocenters. The van der Waals surface area contributed by atoms with Crippen LogP contribution in [0.25, 0.3) is 0 Å². The second-order valence-corrected chi connectivity index (χ2v) is 7.49. The van der Waals surface area contributed by atoms with Gasteiger partial charge in [-0.05, 0) is 24.2 Å². The summed E-state index contributed by atoms with van der Waals surface area (Å²) < 4.78 is 5.51. The molecular weight excluding hydrogens is 264 g/mol. The van der Waals surface area contributed by atoms with E-state index in [1.807, 2.05) is 4.90 Å². The molecule has 1 heterocycles. The van der Waals surface area contributed by atoms with E-state index in [0.29, 0.717) is 31.1 Å². The molecule has 1 saturated heterocycles. The van der Waals surface area contributed by atoms with Gasteiger partial charge in [0.25, 0.3) is 0 Å². The predicted molar refractivity (Wildman–Crippen MR) is 87.3 cm³/mol. The molecule has 0 saturated carbocycles. The summed E-state index contributed by atoms with van der Waals surface area (Å²) in [6, 6.07) is 0.486. The van der Waals surface area contributed by atoms with Gasteiger partial charge < -0.3 is 15.0 Å². The highest BCUT2D eigenvalue weighted by molar-refractivity contribution is 5.76. The van der Waals surface area contributed by atoms with E-state index in [0.717, 1.165) is 38.4 Å². The Hall–Kier alpha value is -0.610. The first-order valence-corrected chi connectivity index (χ1v) is 8.39. The summed E-state index contributed by atoms with van der Waals surface area (Å²) in [6.45, 7) is 15.0. The van der Waals surface area contributed by atoms with E-state index in [9.17, 15) is 4.79 Å². The van der Waals surface area contributed by atoms with Gasteiger partial charge in [0, 0.05) is 25.7 Å². The van der Waals surface area contributed by atoms with Gasteiger partial charge in [0.1, 0.15) is 0 Å². The molecule has 124 valence electrons. The third-order valence-corrected chi connectivity index (χ3v) is 4.33. The number of carbonyl (C=O) groups excluding carboxylic acids is 1. The van der Waals surface area contributed by atoms with Crippen LogP contribution in [-0.4, -0.2) is 49.7 Å². The maximum Gasteiger partial charge on any atom is 0.224 e. The van der Waals surface area contributed by atoms with Crippen LogP contribution in [0.1, 0.15) is 53.9 Å². The normalized spacial score (nSPS) is 17.5. The van der Waals surface area contributed by atoms with Crippen molar-refractivity contribution in [2.45, 2.75) is 59.9 Å². The monoisotopic (exact) mass is 298 g/mol. The van der Waals surface area contributed by atoms with Gasteiger partial charge in [-0.3, -0.25) is 4.79 Å². The minimum absolute atomic E-state index is 0.249. The molecule has 4 heteroatoms. The Morgan fingerprint density at radius 2 is 1.86 bits per heavy atom. The number of nitrogens with one attached hydrogen (secondary N) is 1. The van der Waals surface area contributed by atoms with Gasteiger partial charge >= 0.3 is 0 Å². The van der Waals surface area contributed by atoms with Gasteiger partial charge in [-0.2, -0.15) is 0 Å². The molecule has 0 aromatic carbocycles. The second-order valence-electron chi connectivity index (χ2n) is 7.49. The quantitative estimate of drug-likeness (QED) is 0.735. The summed E-state index contributed by atoms with van der Waals surface area (Å²) in [6.07, 6.45) is 2.78. The molecule has 21 heavy (non-hydrogen) atoms. The van der Waals surface area contributed by atoms with Crippen LogP contribution in [0.4, 0.5) is 0 Å². The first-order valence-electron chi connectivity index (χ1n) is 8.39. The molecule has 1 amide bonds. The Morgan fingerprint density at radius 3 is 2.38 bits per heavy atom. The van der Waals surface area contributed by atoms with Gasteiger partial charge in [0.2, 0.25) is 5.91 Å². The van der Waals surface area contributed by atoms with Crippen LogP contribution < -0.4 is 5.32 Å². The molecule has 0 aliphatic carbocycles. The van der Waals surface area contributed by atoms with Crippen molar-refractivity contribution in [3.63, 3.8) is 0 Å². The number of ether oxygens (including phenoxy) is 1. The Labute approximate surface area is 130 Å². The maximum absolute atomic E-state index is 12.1. The van der Waals surface area contributed by atoms with E-state index in [1.165, 1.54) is 0 Å². The number of nitrogens with zero attached hydrogens (tertiary/aromatic N) is 1. The van der Waals surface area contributed by atoms with Gasteiger partial charge in [-0.15, -0.1) is 0 Å². The molecule has 1 aliphatic rings. The third kappa shape index (κ3) is 7.28. The molecule has 1 N–H and O–H groups in total. The Balaban J connectivity index is 2.11. The molecule has 0 atom stereocenters. The highest BCUT2D eigenvalue weighted by Gasteiger charge is 2.30. The van der Waals surface area contributed by atoms with Gasteiger partial charge in [-0.1, -0.05) is 34.6 Å². The minimum Gasteiger partial charge on any atom is -0.380 e. The molecule has 0 radical (unpaired) electrons. The van der Waals surface area contributed by atoms with Crippen molar-refractivity contribution in [1.29, 1.82) is 0 Å². The number of carbonyl (C=O) groups is 1. The molecule has 1 rings (SSSR count). The Morgan fingerprint density at radius 1 is 1.24 bits per heavy atom. The molecule has 1 fully saturated rings. The van der Waals surface area contributed by atoms with Crippen molar-refractivity contribution in [2.75, 3.05) is 32.8 Å². The summed E-state index contributed by atoms with van der Waals surface area (Å²) >= 11 is 0. The van der Waals surface area contributed by atoms with Crippen molar-refractivity contribution >= 4 is 5.91 Å². The van der Waals surface area contributed by atoms with Crippen LogP contribution in [0.3, 0.4) is 0 Å². The Kier molecular flexibility index (Phi) is 7.67. The molecule has 0 bridgehead atoms. The average Bonchev–Trinajstić information content (AvgIpc) is 2.41. The minimum atomic E-state index is 0.249. The summed E-state index contributed by atoms with van der Waals surface area (Å²) in [5.41, 5.74) is 0.363. The number of hydrogen-bond donors (Lipinski definition) is 1. The predicted octanol–water partition coefficient (Wildman–Crippen LogP) is 2.68. The smallest absolute Gasteiger partial charge is 0.224 e. The second kappa shape index (κ2) is 8.74. The number of amides is 1. The van der Waals surface area contributed by atoms with E-state index in [1.54, 1.807) is 0 Å². The highest BCUT2D eigenvalue weighted by atomic mass is 16.5. The van der Waals surface area contributed by atoms with Crippen LogP contribution in [-0.2, 0) is 9.53 Å². The van der Waals surface area contributed by atoms with E-state index >= 15 is 0 Å². The summed E-state index contributed by atoms with van der Waals surface area (Å²) in [4.78, 5) is 14.1. The lowest BCUT2D eigenvalue weighted by Crippen LogP contribution is -2.41. The number of likely N-dealkylation sites (tertiary alicyclic amines) is 1. The lowest BCUT2D eigenvalue weighted by atomic mass is 9.75. The lowest BCUT2D eigenvalue weighted by molar-refractivity contribution is -0.134. The molecule has 0 aromatic heterocycles. The van der Waals surface area contributed by atoms with E-state index in [4.69, 9.17) is 4.74 Å². The highest BCUT2D eigenvalue weighted by Crippen LogP contribution is 2.34. The third-order valence-electron chi connectivity index (χ3n) is 4.33. The van der Waals surface area contributed by atoms with Crippen molar-refractivity contribution in [3.05, 3.63) is 0 Å². The van der Waals surface area contributed by atoms with Crippen LogP contribution in [0.2, 0.25) is 0 Å². The average molecular weight is 298 g/mol. The molecule has 0 aromatic rings. The SMILES string of the molecule is CC(C)NCCOCCC(=O)N1CCC(C(C)(C)C)CC1. The fourth-order valence-corrected chi connectivity index (χ4v) is 2.83. The zero-order chi connectivity index (χ0) is 15.9. The van der Waals surface area contributed by atoms with Crippen LogP contribution >= 0.6 is 0 Å². The van der Waals surface area contributed by atoms with E-state index < -0.39 is 0 Å². The zero-order valence-electron chi connectivity index (χ0n) is 14.6. The number of piperidine rings is 1. The summed E-state index contributed by atoms with van der Waals surface area (Å²) in [5, 5.41) is 3.30. The van der Waals surface area contributed by atoms with E-state index in [2.05, 4.69) is 39.9 Å². The molecule has 4 nitrogen and oxygen atoms in total. The fraction of sp³-hybridized carbons (Fsp3) is 0.941. The standard InChI is InChI=1S/C17H34N2O2/c1-14(2)18-9-13-21-12-8-16(20)19-10-6-15(7-11-19)17(3,4)5/h14-15,18H,6-13H2,1-5H3. The Bertz CT molecular complexity index is 302. The van der Waals surface area contributed by atoms with Crippen molar-refractivity contribution in [1.82, 2.24) is 10.2 Å². The fourth-order valence-electron chi connectivity index (χ4n) is 2.83. The zero-order valence-corrected chi connectivity index (χ0v) is 14.6. The number of hydrogen-bond acceptors (Lipinski definition) is 3. The molecular formula is C17H34N2O2. The van der Waals surface area contributed by atoms with Crippen LogP contribution in [0.5, 0.6) is 0 Å². The van der Waals surface area contributed by atoms with Gasteiger partial charge in [0.05, 0.1) is 19.6 Å². The maximum atomic E-state index is 12.1. The summed E-state index contributed by atoms with van der Waals surface area (Å²) in [5.74, 6) is 0.985. The lowest BCUT2D eigenvalue weighted by Gasteiger charge is -2.38. The van der Waals surface area contributed by atoms with Crippen molar-refractivity contribution < 1.29 is 9.53 Å². The first-order chi connectivity index (χ1) is 9.80. The van der Waals surface area contributed by atoms with Crippen LogP contribution in [0.15, 0.2) is 0 Å². The van der Waals surface area contributed by atoms with Crippen molar-refractivity contribution in [3.8, 4) is 0 Å². The first kappa shape index (κ1) is 18.4. The topological polar surface area (TPSA) is 41.6 Å². The summed E-state index contributed by atoms with van der Waals surface area (Å²) in [7, 11) is 0. The molecule has 1 aliphatic heterocycles. The van der Waals surface area contributed by atoms with Crippen molar-refractivity contribution in [2.24, 2.45) is 11.3 Å². The van der Waals surface area contributed by atoms with Gasteiger partial charge in [-0.25, -0.2) is 0 Å². The van der Waals surface area contributed by atoms with Crippen LogP contribution in [0, 0.1) is 11.3 Å².